The molecule has 0 unspecified atom stereocenters. The number of carbonyl (C=O) groups is 1. The Balaban J connectivity index is 1.38. The molecule has 4 heterocycles. The van der Waals surface area contributed by atoms with Gasteiger partial charge in [0.05, 0.1) is 17.9 Å². The summed E-state index contributed by atoms with van der Waals surface area (Å²) in [6.07, 6.45) is 13.0. The smallest absolute Gasteiger partial charge is 0.263 e. The molecule has 1 amide bonds. The molecule has 0 radical (unpaired) electrons. The third-order valence-corrected chi connectivity index (χ3v) is 7.28. The monoisotopic (exact) mass is 436 g/mol. The second kappa shape index (κ2) is 7.03. The summed E-state index contributed by atoms with van der Waals surface area (Å²) in [6, 6.07) is 1.76. The standard InChI is InChI=1S/C23H28N6O3/c1-22-8-9-23(13-22,14-31-22)17-12-29-11-16(19(30)25-18-7-10-28(2)27-18)20(26-21(29)24-17)32-15-5-3-4-6-15/h7,10-12,15H,3-6,8-9,13-14H2,1-2H3,(H,25,27,30)/t22-,23-/m0/s1. The Kier molecular flexibility index (Phi) is 4.33. The fourth-order valence-electron chi connectivity index (χ4n) is 5.49. The Morgan fingerprint density at radius 2 is 2.09 bits per heavy atom. The SMILES string of the molecule is Cn1ccc(NC(=O)c2cn3cc([C@@]45CC[C@@](C)(C4)OC5)nc3nc2OC2CCCC2)n1. The van der Waals surface area contributed by atoms with Gasteiger partial charge in [0.1, 0.15) is 11.7 Å². The van der Waals surface area contributed by atoms with Gasteiger partial charge in [-0.3, -0.25) is 13.9 Å². The van der Waals surface area contributed by atoms with Gasteiger partial charge in [0.15, 0.2) is 5.82 Å². The van der Waals surface area contributed by atoms with Gasteiger partial charge in [-0.2, -0.15) is 10.1 Å². The van der Waals surface area contributed by atoms with E-state index in [1.807, 2.05) is 17.6 Å². The van der Waals surface area contributed by atoms with E-state index in [4.69, 9.17) is 19.4 Å². The molecule has 2 bridgehead atoms. The summed E-state index contributed by atoms with van der Waals surface area (Å²) >= 11 is 0. The van der Waals surface area contributed by atoms with E-state index in [0.717, 1.165) is 50.6 Å². The highest BCUT2D eigenvalue weighted by atomic mass is 16.5. The number of fused-ring (bicyclic) bond motifs is 3. The van der Waals surface area contributed by atoms with Crippen molar-refractivity contribution in [2.24, 2.45) is 7.05 Å². The Morgan fingerprint density at radius 3 is 2.75 bits per heavy atom. The van der Waals surface area contributed by atoms with Crippen molar-refractivity contribution in [2.75, 3.05) is 11.9 Å². The van der Waals surface area contributed by atoms with E-state index < -0.39 is 0 Å². The molecule has 32 heavy (non-hydrogen) atoms. The molecule has 3 aromatic heterocycles. The fourth-order valence-corrected chi connectivity index (χ4v) is 5.49. The molecular weight excluding hydrogens is 408 g/mol. The lowest BCUT2D eigenvalue weighted by Gasteiger charge is -2.24. The first-order valence-corrected chi connectivity index (χ1v) is 11.4. The molecule has 1 saturated heterocycles. The van der Waals surface area contributed by atoms with Gasteiger partial charge in [0, 0.05) is 37.1 Å². The molecule has 3 aliphatic rings. The third kappa shape index (κ3) is 3.26. The zero-order valence-electron chi connectivity index (χ0n) is 18.5. The maximum Gasteiger partial charge on any atom is 0.263 e. The Labute approximate surface area is 186 Å². The van der Waals surface area contributed by atoms with Crippen molar-refractivity contribution in [3.63, 3.8) is 0 Å². The predicted molar refractivity (Wildman–Crippen MR) is 117 cm³/mol. The molecule has 1 aliphatic heterocycles. The molecule has 9 nitrogen and oxygen atoms in total. The van der Waals surface area contributed by atoms with E-state index in [1.165, 1.54) is 0 Å². The molecule has 0 aromatic carbocycles. The molecule has 2 aliphatic carbocycles. The molecule has 9 heteroatoms. The molecule has 6 rings (SSSR count). The molecular formula is C23H28N6O3. The summed E-state index contributed by atoms with van der Waals surface area (Å²) in [4.78, 5) is 22.7. The number of nitrogens with zero attached hydrogens (tertiary/aromatic N) is 5. The summed E-state index contributed by atoms with van der Waals surface area (Å²) < 4.78 is 15.8. The van der Waals surface area contributed by atoms with Crippen LogP contribution in [0.25, 0.3) is 5.78 Å². The van der Waals surface area contributed by atoms with Gasteiger partial charge in [-0.05, 0) is 51.9 Å². The number of hydrogen-bond donors (Lipinski definition) is 1. The molecule has 0 spiro atoms. The zero-order chi connectivity index (χ0) is 21.9. The zero-order valence-corrected chi connectivity index (χ0v) is 18.5. The van der Waals surface area contributed by atoms with Crippen molar-refractivity contribution in [3.05, 3.63) is 35.9 Å². The van der Waals surface area contributed by atoms with Gasteiger partial charge in [-0.1, -0.05) is 0 Å². The highest BCUT2D eigenvalue weighted by molar-refractivity contribution is 6.05. The van der Waals surface area contributed by atoms with Crippen LogP contribution in [0.3, 0.4) is 0 Å². The first-order valence-electron chi connectivity index (χ1n) is 11.4. The first-order chi connectivity index (χ1) is 15.4. The van der Waals surface area contributed by atoms with Crippen LogP contribution in [-0.4, -0.2) is 48.4 Å². The number of anilines is 1. The number of imidazole rings is 1. The number of ether oxygens (including phenoxy) is 2. The average molecular weight is 437 g/mol. The van der Waals surface area contributed by atoms with Gasteiger partial charge in [-0.15, -0.1) is 0 Å². The quantitative estimate of drug-likeness (QED) is 0.660. The summed E-state index contributed by atoms with van der Waals surface area (Å²) in [5.74, 6) is 1.09. The second-order valence-corrected chi connectivity index (χ2v) is 9.84. The molecule has 2 atom stereocenters. The second-order valence-electron chi connectivity index (χ2n) is 9.84. The van der Waals surface area contributed by atoms with Crippen molar-refractivity contribution in [1.29, 1.82) is 0 Å². The minimum Gasteiger partial charge on any atom is -0.474 e. The van der Waals surface area contributed by atoms with E-state index in [-0.39, 0.29) is 23.0 Å². The van der Waals surface area contributed by atoms with Gasteiger partial charge >= 0.3 is 0 Å². The maximum atomic E-state index is 13.2. The number of amides is 1. The fraction of sp³-hybridized carbons (Fsp3) is 0.565. The summed E-state index contributed by atoms with van der Waals surface area (Å²) in [5, 5.41) is 7.11. The number of hydrogen-bond acceptors (Lipinski definition) is 6. The van der Waals surface area contributed by atoms with Crippen molar-refractivity contribution in [3.8, 4) is 5.88 Å². The number of nitrogens with one attached hydrogen (secondary N) is 1. The lowest BCUT2D eigenvalue weighted by molar-refractivity contribution is -0.00627. The number of aromatic nitrogens is 5. The van der Waals surface area contributed by atoms with Gasteiger partial charge < -0.3 is 14.8 Å². The van der Waals surface area contributed by atoms with Crippen LogP contribution in [0.1, 0.15) is 67.9 Å². The molecule has 3 aromatic rings. The number of rotatable bonds is 5. The van der Waals surface area contributed by atoms with Crippen LogP contribution in [0.2, 0.25) is 0 Å². The minimum absolute atomic E-state index is 0.0479. The van der Waals surface area contributed by atoms with E-state index in [0.29, 0.717) is 29.6 Å². The van der Waals surface area contributed by atoms with Gasteiger partial charge in [-0.25, -0.2) is 4.98 Å². The van der Waals surface area contributed by atoms with Crippen LogP contribution >= 0.6 is 0 Å². The summed E-state index contributed by atoms with van der Waals surface area (Å²) in [6.45, 7) is 2.87. The van der Waals surface area contributed by atoms with Crippen molar-refractivity contribution in [1.82, 2.24) is 24.1 Å². The van der Waals surface area contributed by atoms with Crippen molar-refractivity contribution >= 4 is 17.5 Å². The first kappa shape index (κ1) is 19.7. The maximum absolute atomic E-state index is 13.2. The minimum atomic E-state index is -0.294. The van der Waals surface area contributed by atoms with Crippen LogP contribution in [-0.2, 0) is 17.2 Å². The van der Waals surface area contributed by atoms with E-state index in [1.54, 1.807) is 23.1 Å². The Hall–Kier alpha value is -2.94. The van der Waals surface area contributed by atoms with E-state index in [9.17, 15) is 4.79 Å². The molecule has 168 valence electrons. The van der Waals surface area contributed by atoms with Gasteiger partial charge in [0.2, 0.25) is 11.7 Å². The number of carbonyl (C=O) groups excluding carboxylic acids is 1. The average Bonchev–Trinajstić information content (AvgIpc) is 3.56. The van der Waals surface area contributed by atoms with E-state index in [2.05, 4.69) is 17.3 Å². The Morgan fingerprint density at radius 1 is 1.25 bits per heavy atom. The lowest BCUT2D eigenvalue weighted by atomic mass is 9.84. The van der Waals surface area contributed by atoms with Crippen molar-refractivity contribution in [2.45, 2.75) is 69.0 Å². The third-order valence-electron chi connectivity index (χ3n) is 7.28. The van der Waals surface area contributed by atoms with Crippen LogP contribution in [0.4, 0.5) is 5.82 Å². The topological polar surface area (TPSA) is 95.6 Å². The highest BCUT2D eigenvalue weighted by Crippen LogP contribution is 2.53. The lowest BCUT2D eigenvalue weighted by Crippen LogP contribution is -2.26. The van der Waals surface area contributed by atoms with Crippen LogP contribution in [0, 0.1) is 0 Å². The molecule has 3 fully saturated rings. The summed E-state index contributed by atoms with van der Waals surface area (Å²) in [5.41, 5.74) is 1.26. The normalized spacial score (nSPS) is 27.4. The van der Waals surface area contributed by atoms with Crippen LogP contribution in [0.5, 0.6) is 5.88 Å². The van der Waals surface area contributed by atoms with Crippen LogP contribution in [0.15, 0.2) is 24.7 Å². The predicted octanol–water partition coefficient (Wildman–Crippen LogP) is 3.25. The largest absolute Gasteiger partial charge is 0.474 e. The van der Waals surface area contributed by atoms with Crippen LogP contribution < -0.4 is 10.1 Å². The highest BCUT2D eigenvalue weighted by Gasteiger charge is 2.55. The van der Waals surface area contributed by atoms with Crippen molar-refractivity contribution < 1.29 is 14.3 Å². The summed E-state index contributed by atoms with van der Waals surface area (Å²) in [7, 11) is 1.81. The molecule has 1 N–H and O–H groups in total. The Bertz CT molecular complexity index is 1180. The van der Waals surface area contributed by atoms with Gasteiger partial charge in [0.25, 0.3) is 5.91 Å². The number of aryl methyl sites for hydroxylation is 1. The van der Waals surface area contributed by atoms with E-state index >= 15 is 0 Å². The molecule has 2 saturated carbocycles.